The third-order valence-electron chi connectivity index (χ3n) is 8.89. The Bertz CT molecular complexity index is 2120. The van der Waals surface area contributed by atoms with Crippen LogP contribution in [0.3, 0.4) is 0 Å². The average molecular weight is 679 g/mol. The van der Waals surface area contributed by atoms with Crippen LogP contribution < -0.4 is 10.2 Å². The van der Waals surface area contributed by atoms with Crippen molar-refractivity contribution in [3.8, 4) is 22.5 Å². The van der Waals surface area contributed by atoms with Gasteiger partial charge in [-0.2, -0.15) is 0 Å². The molecule has 1 atom stereocenters. The van der Waals surface area contributed by atoms with Crippen LogP contribution in [0.2, 0.25) is 10.0 Å². The van der Waals surface area contributed by atoms with E-state index in [1.54, 1.807) is 19.2 Å². The van der Waals surface area contributed by atoms with Gasteiger partial charge in [0.15, 0.2) is 5.82 Å². The van der Waals surface area contributed by atoms with Gasteiger partial charge in [-0.05, 0) is 48.9 Å². The van der Waals surface area contributed by atoms with E-state index in [4.69, 9.17) is 28.2 Å². The first kappa shape index (κ1) is 31.5. The third kappa shape index (κ3) is 6.03. The van der Waals surface area contributed by atoms with Crippen LogP contribution in [0.4, 0.5) is 11.5 Å². The van der Waals surface area contributed by atoms with Crippen LogP contribution in [0.5, 0.6) is 0 Å². The predicted octanol–water partition coefficient (Wildman–Crippen LogP) is 7.93. The summed E-state index contributed by atoms with van der Waals surface area (Å²) in [5.74, 6) is 0.371. The molecule has 0 aliphatic carbocycles. The van der Waals surface area contributed by atoms with E-state index in [1.807, 2.05) is 90.1 Å². The number of piperazine rings is 1. The Morgan fingerprint density at radius 1 is 0.875 bits per heavy atom. The summed E-state index contributed by atoms with van der Waals surface area (Å²) >= 11 is 12.7. The number of nitrogens with one attached hydrogen (secondary N) is 2. The molecule has 0 radical (unpaired) electrons. The highest BCUT2D eigenvalue weighted by atomic mass is 35.5. The van der Waals surface area contributed by atoms with Gasteiger partial charge >= 0.3 is 0 Å². The van der Waals surface area contributed by atoms with Gasteiger partial charge in [0, 0.05) is 71.4 Å². The molecule has 0 saturated carbocycles. The lowest BCUT2D eigenvalue weighted by Gasteiger charge is -2.35. The number of aromatic nitrogens is 4. The summed E-state index contributed by atoms with van der Waals surface area (Å²) < 4.78 is 2.10. The number of nitrogens with zero attached hydrogens (tertiary/aromatic N) is 5. The summed E-state index contributed by atoms with van der Waals surface area (Å²) in [6.07, 6.45) is 3.54. The zero-order chi connectivity index (χ0) is 33.4. The number of fused-ring (bicyclic) bond motifs is 1. The number of aromatic amines is 1. The van der Waals surface area contributed by atoms with Crippen LogP contribution in [-0.2, 0) is 4.79 Å². The first-order chi connectivity index (χ1) is 23.3. The predicted molar refractivity (Wildman–Crippen MR) is 192 cm³/mol. The largest absolute Gasteiger partial charge is 0.351 e. The van der Waals surface area contributed by atoms with Gasteiger partial charge in [-0.1, -0.05) is 71.7 Å². The van der Waals surface area contributed by atoms with E-state index in [-0.39, 0.29) is 17.9 Å². The number of imidazole rings is 1. The van der Waals surface area contributed by atoms with Crippen LogP contribution in [0.25, 0.3) is 33.4 Å². The molecule has 0 spiro atoms. The fourth-order valence-corrected chi connectivity index (χ4v) is 6.66. The van der Waals surface area contributed by atoms with Gasteiger partial charge in [-0.15, -0.1) is 0 Å². The van der Waals surface area contributed by atoms with Crippen LogP contribution in [-0.4, -0.2) is 62.4 Å². The molecular formula is C37H33Cl2N7O2. The minimum atomic E-state index is -0.333. The van der Waals surface area contributed by atoms with Crippen molar-refractivity contribution < 1.29 is 9.59 Å². The summed E-state index contributed by atoms with van der Waals surface area (Å²) in [7, 11) is 0. The second-order valence-electron chi connectivity index (χ2n) is 11.8. The number of halogens is 2. The number of benzene rings is 3. The summed E-state index contributed by atoms with van der Waals surface area (Å²) in [6, 6.07) is 26.8. The minimum absolute atomic E-state index is 0.0511. The molecule has 1 aliphatic heterocycles. The van der Waals surface area contributed by atoms with Crippen molar-refractivity contribution in [2.24, 2.45) is 0 Å². The number of anilines is 2. The van der Waals surface area contributed by atoms with Crippen molar-refractivity contribution in [1.82, 2.24) is 24.4 Å². The average Bonchev–Trinajstić information content (AvgIpc) is 3.70. The highest BCUT2D eigenvalue weighted by molar-refractivity contribution is 6.31. The Labute approximate surface area is 288 Å². The molecule has 0 unspecified atom stereocenters. The SMILES string of the molecule is CC(=O)N1CCN(c2ncccc2NC(=O)c2[nH]c3cc(Cl)ccc3c2-c2c(-c3ccccc3)ncn2[C@@H](C)c2ccc(Cl)cc2)CC1. The molecule has 3 aromatic heterocycles. The molecule has 7 rings (SSSR count). The van der Waals surface area contributed by atoms with Crippen LogP contribution in [0.15, 0.2) is 97.5 Å². The maximum absolute atomic E-state index is 14.5. The molecule has 3 aromatic carbocycles. The maximum atomic E-state index is 14.5. The fourth-order valence-electron chi connectivity index (χ4n) is 6.36. The van der Waals surface area contributed by atoms with Gasteiger partial charge < -0.3 is 24.7 Å². The Balaban J connectivity index is 1.35. The number of rotatable bonds is 7. The maximum Gasteiger partial charge on any atom is 0.272 e. The van der Waals surface area contributed by atoms with Crippen LogP contribution >= 0.6 is 23.2 Å². The zero-order valence-corrected chi connectivity index (χ0v) is 28.0. The first-order valence-electron chi connectivity index (χ1n) is 15.7. The number of pyridine rings is 1. The summed E-state index contributed by atoms with van der Waals surface area (Å²) in [4.78, 5) is 43.3. The molecule has 1 saturated heterocycles. The lowest BCUT2D eigenvalue weighted by atomic mass is 9.99. The van der Waals surface area contributed by atoms with Gasteiger partial charge in [0.25, 0.3) is 5.91 Å². The van der Waals surface area contributed by atoms with Crippen molar-refractivity contribution >= 4 is 57.4 Å². The van der Waals surface area contributed by atoms with Crippen molar-refractivity contribution in [2.45, 2.75) is 19.9 Å². The van der Waals surface area contributed by atoms with Gasteiger partial charge in [0.05, 0.1) is 29.4 Å². The Hall–Kier alpha value is -5.12. The summed E-state index contributed by atoms with van der Waals surface area (Å²) in [5.41, 5.74) is 5.86. The standard InChI is InChI=1S/C37H33Cl2N7O2/c1-23(25-10-12-27(38)13-11-25)46-22-41-33(26-7-4-3-5-8-26)35(46)32-29-15-14-28(39)21-31(29)42-34(32)37(48)43-30-9-6-16-40-36(30)45-19-17-44(18-20-45)24(2)47/h3-16,21-23,42H,17-20H2,1-2H3,(H,43,48)/t23-/m0/s1. The number of carbonyl (C=O) groups excluding carboxylic acids is 2. The lowest BCUT2D eigenvalue weighted by Crippen LogP contribution is -2.48. The second-order valence-corrected chi connectivity index (χ2v) is 12.7. The van der Waals surface area contributed by atoms with Crippen LogP contribution in [0.1, 0.15) is 35.9 Å². The fraction of sp³-hybridized carbons (Fsp3) is 0.189. The van der Waals surface area contributed by atoms with Crippen molar-refractivity contribution in [3.63, 3.8) is 0 Å². The van der Waals surface area contributed by atoms with E-state index in [2.05, 4.69) is 31.7 Å². The molecule has 4 heterocycles. The molecule has 11 heteroatoms. The van der Waals surface area contributed by atoms with Gasteiger partial charge in [0.2, 0.25) is 5.91 Å². The minimum Gasteiger partial charge on any atom is -0.351 e. The first-order valence-corrected chi connectivity index (χ1v) is 16.5. The number of carbonyl (C=O) groups is 2. The molecule has 48 heavy (non-hydrogen) atoms. The second kappa shape index (κ2) is 13.2. The summed E-state index contributed by atoms with van der Waals surface area (Å²) in [6.45, 7) is 6.07. The Morgan fingerprint density at radius 3 is 2.33 bits per heavy atom. The Morgan fingerprint density at radius 2 is 1.60 bits per heavy atom. The molecule has 2 N–H and O–H groups in total. The number of hydrogen-bond acceptors (Lipinski definition) is 5. The molecule has 6 aromatic rings. The molecule has 1 fully saturated rings. The van der Waals surface area contributed by atoms with Gasteiger partial charge in [-0.25, -0.2) is 9.97 Å². The van der Waals surface area contributed by atoms with E-state index >= 15 is 0 Å². The Kier molecular flexibility index (Phi) is 8.64. The number of amides is 2. The highest BCUT2D eigenvalue weighted by Crippen LogP contribution is 2.41. The molecular weight excluding hydrogens is 645 g/mol. The molecule has 242 valence electrons. The van der Waals surface area contributed by atoms with Crippen molar-refractivity contribution in [3.05, 3.63) is 119 Å². The topological polar surface area (TPSA) is 99.2 Å². The quantitative estimate of drug-likeness (QED) is 0.179. The zero-order valence-electron chi connectivity index (χ0n) is 26.5. The normalized spacial score (nSPS) is 13.9. The summed E-state index contributed by atoms with van der Waals surface area (Å²) in [5, 5.41) is 5.19. The van der Waals surface area contributed by atoms with Gasteiger partial charge in [0.1, 0.15) is 5.69 Å². The number of H-pyrrole nitrogens is 1. The van der Waals surface area contributed by atoms with Crippen LogP contribution in [0, 0.1) is 0 Å². The van der Waals surface area contributed by atoms with E-state index < -0.39 is 0 Å². The third-order valence-corrected chi connectivity index (χ3v) is 9.38. The smallest absolute Gasteiger partial charge is 0.272 e. The van der Waals surface area contributed by atoms with E-state index in [0.29, 0.717) is 59.0 Å². The molecule has 2 amide bonds. The molecule has 0 bridgehead atoms. The molecule has 9 nitrogen and oxygen atoms in total. The molecule has 1 aliphatic rings. The van der Waals surface area contributed by atoms with E-state index in [1.165, 1.54) is 0 Å². The van der Waals surface area contributed by atoms with Crippen molar-refractivity contribution in [1.29, 1.82) is 0 Å². The highest BCUT2D eigenvalue weighted by Gasteiger charge is 2.29. The van der Waals surface area contributed by atoms with E-state index in [9.17, 15) is 9.59 Å². The van der Waals surface area contributed by atoms with E-state index in [0.717, 1.165) is 33.4 Å². The monoisotopic (exact) mass is 677 g/mol. The van der Waals surface area contributed by atoms with Crippen molar-refractivity contribution in [2.75, 3.05) is 36.4 Å². The van der Waals surface area contributed by atoms with Gasteiger partial charge in [-0.3, -0.25) is 9.59 Å². The lowest BCUT2D eigenvalue weighted by molar-refractivity contribution is -0.129. The number of hydrogen-bond donors (Lipinski definition) is 2.